The standard InChI is InChI=1S/C11H22N2O3/c1-15-9-4-3-8(7-10(9)16-2)5-6-13-11(12)14/h8-10H,3-7H2,1-2H3,(H3,12,13,14). The normalized spacial score (nSPS) is 30.0. The third-order valence-corrected chi connectivity index (χ3v) is 3.30. The van der Waals surface area contributed by atoms with Crippen molar-refractivity contribution >= 4 is 6.03 Å². The molecule has 1 rings (SSSR count). The number of rotatable bonds is 5. The van der Waals surface area contributed by atoms with E-state index in [0.717, 1.165) is 25.7 Å². The highest BCUT2D eigenvalue weighted by atomic mass is 16.5. The second kappa shape index (κ2) is 6.70. The maximum absolute atomic E-state index is 10.5. The number of carbonyl (C=O) groups excluding carboxylic acids is 1. The molecule has 94 valence electrons. The molecule has 5 nitrogen and oxygen atoms in total. The SMILES string of the molecule is COC1CCC(CCNC(N)=O)CC1OC. The van der Waals surface area contributed by atoms with Gasteiger partial charge in [0.05, 0.1) is 12.2 Å². The molecule has 5 heteroatoms. The lowest BCUT2D eigenvalue weighted by molar-refractivity contribution is -0.0709. The van der Waals surface area contributed by atoms with Crippen LogP contribution in [0.1, 0.15) is 25.7 Å². The summed E-state index contributed by atoms with van der Waals surface area (Å²) >= 11 is 0. The van der Waals surface area contributed by atoms with Crippen LogP contribution in [0.3, 0.4) is 0 Å². The summed E-state index contributed by atoms with van der Waals surface area (Å²) in [4.78, 5) is 10.5. The molecule has 0 radical (unpaired) electrons. The quantitative estimate of drug-likeness (QED) is 0.736. The van der Waals surface area contributed by atoms with Gasteiger partial charge in [-0.1, -0.05) is 0 Å². The average Bonchev–Trinajstić information content (AvgIpc) is 2.28. The summed E-state index contributed by atoms with van der Waals surface area (Å²) in [5.41, 5.74) is 5.01. The Bertz CT molecular complexity index is 223. The molecule has 1 aliphatic rings. The van der Waals surface area contributed by atoms with Crippen molar-refractivity contribution < 1.29 is 14.3 Å². The molecule has 0 heterocycles. The van der Waals surface area contributed by atoms with Crippen molar-refractivity contribution in [3.63, 3.8) is 0 Å². The van der Waals surface area contributed by atoms with E-state index in [9.17, 15) is 4.79 Å². The number of primary amides is 1. The van der Waals surface area contributed by atoms with Gasteiger partial charge in [0.2, 0.25) is 0 Å². The molecule has 0 bridgehead atoms. The first-order valence-corrected chi connectivity index (χ1v) is 5.76. The van der Waals surface area contributed by atoms with Crippen molar-refractivity contribution in [2.24, 2.45) is 11.7 Å². The van der Waals surface area contributed by atoms with Gasteiger partial charge in [0.15, 0.2) is 0 Å². The molecule has 1 fully saturated rings. The molecule has 1 saturated carbocycles. The van der Waals surface area contributed by atoms with E-state index in [1.807, 2.05) is 0 Å². The van der Waals surface area contributed by atoms with Crippen molar-refractivity contribution in [1.82, 2.24) is 5.32 Å². The highest BCUT2D eigenvalue weighted by Crippen LogP contribution is 2.29. The summed E-state index contributed by atoms with van der Waals surface area (Å²) in [6.45, 7) is 0.647. The molecule has 0 aromatic carbocycles. The summed E-state index contributed by atoms with van der Waals surface area (Å²) < 4.78 is 10.8. The Kier molecular flexibility index (Phi) is 5.55. The molecule has 0 aliphatic heterocycles. The number of ether oxygens (including phenoxy) is 2. The predicted octanol–water partition coefficient (Wildman–Crippen LogP) is 0.875. The van der Waals surface area contributed by atoms with E-state index in [1.165, 1.54) is 0 Å². The molecule has 0 aromatic rings. The number of methoxy groups -OCH3 is 2. The minimum Gasteiger partial charge on any atom is -0.379 e. The minimum absolute atomic E-state index is 0.178. The average molecular weight is 230 g/mol. The maximum atomic E-state index is 10.5. The summed E-state index contributed by atoms with van der Waals surface area (Å²) in [6, 6.07) is -0.450. The molecule has 2 amide bonds. The highest BCUT2D eigenvalue weighted by Gasteiger charge is 2.30. The van der Waals surface area contributed by atoms with Gasteiger partial charge in [-0.3, -0.25) is 0 Å². The second-order valence-corrected chi connectivity index (χ2v) is 4.31. The van der Waals surface area contributed by atoms with Gasteiger partial charge < -0.3 is 20.5 Å². The van der Waals surface area contributed by atoms with E-state index in [1.54, 1.807) is 14.2 Å². The van der Waals surface area contributed by atoms with Crippen LogP contribution in [-0.2, 0) is 9.47 Å². The Labute approximate surface area is 96.7 Å². The predicted molar refractivity (Wildman–Crippen MR) is 61.1 cm³/mol. The fourth-order valence-corrected chi connectivity index (χ4v) is 2.36. The smallest absolute Gasteiger partial charge is 0.312 e. The number of hydrogen-bond acceptors (Lipinski definition) is 3. The lowest BCUT2D eigenvalue weighted by Gasteiger charge is -2.34. The van der Waals surface area contributed by atoms with Crippen LogP contribution in [0.15, 0.2) is 0 Å². The van der Waals surface area contributed by atoms with Gasteiger partial charge in [-0.15, -0.1) is 0 Å². The first-order chi connectivity index (χ1) is 7.67. The summed E-state index contributed by atoms with van der Waals surface area (Å²) in [7, 11) is 3.45. The molecule has 3 unspecified atom stereocenters. The van der Waals surface area contributed by atoms with E-state index in [-0.39, 0.29) is 12.2 Å². The van der Waals surface area contributed by atoms with Gasteiger partial charge in [0, 0.05) is 20.8 Å². The monoisotopic (exact) mass is 230 g/mol. The van der Waals surface area contributed by atoms with Gasteiger partial charge in [0.1, 0.15) is 0 Å². The summed E-state index contributed by atoms with van der Waals surface area (Å²) in [5.74, 6) is 0.586. The largest absolute Gasteiger partial charge is 0.379 e. The molecule has 3 N–H and O–H groups in total. The van der Waals surface area contributed by atoms with E-state index in [2.05, 4.69) is 5.32 Å². The number of nitrogens with two attached hydrogens (primary N) is 1. The van der Waals surface area contributed by atoms with Crippen molar-refractivity contribution in [2.45, 2.75) is 37.9 Å². The van der Waals surface area contributed by atoms with Crippen LogP contribution in [0.25, 0.3) is 0 Å². The second-order valence-electron chi connectivity index (χ2n) is 4.31. The molecule has 0 saturated heterocycles. The Morgan fingerprint density at radius 1 is 1.31 bits per heavy atom. The molecule has 3 atom stereocenters. The molecular formula is C11H22N2O3. The van der Waals surface area contributed by atoms with Crippen LogP contribution >= 0.6 is 0 Å². The minimum atomic E-state index is -0.450. The van der Waals surface area contributed by atoms with Gasteiger partial charge in [0.25, 0.3) is 0 Å². The third kappa shape index (κ3) is 3.98. The molecule has 0 spiro atoms. The zero-order chi connectivity index (χ0) is 12.0. The highest BCUT2D eigenvalue weighted by molar-refractivity contribution is 5.71. The van der Waals surface area contributed by atoms with E-state index in [0.29, 0.717) is 12.5 Å². The lowest BCUT2D eigenvalue weighted by atomic mass is 9.83. The van der Waals surface area contributed by atoms with Gasteiger partial charge in [-0.05, 0) is 31.6 Å². The van der Waals surface area contributed by atoms with Crippen LogP contribution in [0, 0.1) is 5.92 Å². The van der Waals surface area contributed by atoms with Crippen molar-refractivity contribution in [3.05, 3.63) is 0 Å². The van der Waals surface area contributed by atoms with Gasteiger partial charge in [-0.25, -0.2) is 4.79 Å². The van der Waals surface area contributed by atoms with Gasteiger partial charge in [-0.2, -0.15) is 0 Å². The number of amides is 2. The lowest BCUT2D eigenvalue weighted by Crippen LogP contribution is -2.38. The first-order valence-electron chi connectivity index (χ1n) is 5.76. The van der Waals surface area contributed by atoms with Crippen molar-refractivity contribution in [3.8, 4) is 0 Å². The molecule has 1 aliphatic carbocycles. The van der Waals surface area contributed by atoms with Crippen LogP contribution in [0.2, 0.25) is 0 Å². The Balaban J connectivity index is 2.27. The molecule has 16 heavy (non-hydrogen) atoms. The number of urea groups is 1. The van der Waals surface area contributed by atoms with Gasteiger partial charge >= 0.3 is 6.03 Å². The van der Waals surface area contributed by atoms with Crippen LogP contribution < -0.4 is 11.1 Å². The van der Waals surface area contributed by atoms with E-state index < -0.39 is 6.03 Å². The van der Waals surface area contributed by atoms with Crippen molar-refractivity contribution in [2.75, 3.05) is 20.8 Å². The Hall–Kier alpha value is -0.810. The summed E-state index contributed by atoms with van der Waals surface area (Å²) in [5, 5.41) is 2.62. The summed E-state index contributed by atoms with van der Waals surface area (Å²) in [6.07, 6.45) is 4.49. The molecule has 0 aromatic heterocycles. The molecular weight excluding hydrogens is 208 g/mol. The van der Waals surface area contributed by atoms with E-state index in [4.69, 9.17) is 15.2 Å². The first kappa shape index (κ1) is 13.3. The number of nitrogens with one attached hydrogen (secondary N) is 1. The topological polar surface area (TPSA) is 73.6 Å². The van der Waals surface area contributed by atoms with Crippen LogP contribution in [0.4, 0.5) is 4.79 Å². The number of hydrogen-bond donors (Lipinski definition) is 2. The fourth-order valence-electron chi connectivity index (χ4n) is 2.36. The maximum Gasteiger partial charge on any atom is 0.312 e. The zero-order valence-electron chi connectivity index (χ0n) is 10.1. The van der Waals surface area contributed by atoms with Crippen LogP contribution in [0.5, 0.6) is 0 Å². The fraction of sp³-hybridized carbons (Fsp3) is 0.909. The zero-order valence-corrected chi connectivity index (χ0v) is 10.1. The van der Waals surface area contributed by atoms with Crippen LogP contribution in [-0.4, -0.2) is 39.0 Å². The van der Waals surface area contributed by atoms with Crippen molar-refractivity contribution in [1.29, 1.82) is 0 Å². The Morgan fingerprint density at radius 3 is 2.56 bits per heavy atom. The third-order valence-electron chi connectivity index (χ3n) is 3.30. The van der Waals surface area contributed by atoms with E-state index >= 15 is 0 Å². The number of carbonyl (C=O) groups is 1. The Morgan fingerprint density at radius 2 is 2.00 bits per heavy atom.